The fourth-order valence-electron chi connectivity index (χ4n) is 3.54. The number of fused-ring (bicyclic) bond motifs is 1. The average molecular weight is 343 g/mol. The summed E-state index contributed by atoms with van der Waals surface area (Å²) >= 11 is 0. The molecule has 0 aromatic heterocycles. The third-order valence-electron chi connectivity index (χ3n) is 4.70. The number of rotatable bonds is 2. The lowest BCUT2D eigenvalue weighted by molar-refractivity contribution is -0.386. The number of nitrogens with zero attached hydrogens (tertiary/aromatic N) is 2. The summed E-state index contributed by atoms with van der Waals surface area (Å²) in [4.78, 5) is 13.2. The molecular formula is C16H23ClN2O4. The molecule has 0 radical (unpaired) electrons. The van der Waals surface area contributed by atoms with Crippen LogP contribution in [0, 0.1) is 10.1 Å². The molecule has 0 amide bonds. The Balaban J connectivity index is 0.00000192. The minimum Gasteiger partial charge on any atom is -0.484 e. The van der Waals surface area contributed by atoms with Crippen molar-refractivity contribution in [3.05, 3.63) is 33.9 Å². The van der Waals surface area contributed by atoms with E-state index in [1.165, 1.54) is 12.5 Å². The third kappa shape index (κ3) is 3.16. The van der Waals surface area contributed by atoms with Gasteiger partial charge in [-0.3, -0.25) is 15.0 Å². The predicted molar refractivity (Wildman–Crippen MR) is 89.2 cm³/mol. The van der Waals surface area contributed by atoms with Crippen LogP contribution in [0.4, 0.5) is 5.69 Å². The highest BCUT2D eigenvalue weighted by atomic mass is 35.5. The van der Waals surface area contributed by atoms with E-state index in [0.29, 0.717) is 11.3 Å². The highest BCUT2D eigenvalue weighted by molar-refractivity contribution is 5.85. The number of hydrogen-bond acceptors (Lipinski definition) is 5. The Morgan fingerprint density at radius 2 is 1.96 bits per heavy atom. The van der Waals surface area contributed by atoms with Gasteiger partial charge < -0.3 is 9.84 Å². The molecule has 1 aromatic carbocycles. The van der Waals surface area contributed by atoms with Crippen LogP contribution in [0.1, 0.15) is 44.7 Å². The van der Waals surface area contributed by atoms with Crippen molar-refractivity contribution in [3.8, 4) is 5.75 Å². The van der Waals surface area contributed by atoms with E-state index in [2.05, 4.69) is 4.90 Å². The van der Waals surface area contributed by atoms with Crippen molar-refractivity contribution in [3.63, 3.8) is 0 Å². The van der Waals surface area contributed by atoms with Crippen LogP contribution in [0.15, 0.2) is 18.2 Å². The normalized spacial score (nSPS) is 26.6. The summed E-state index contributed by atoms with van der Waals surface area (Å²) in [5.41, 5.74) is -0.228. The second kappa shape index (κ2) is 6.63. The SMILES string of the molecule is CC1(C)Oc2cccc([N+](=O)[O-])c2[C@@H](N2CCCCC2)[C@@H]1O.Cl. The van der Waals surface area contributed by atoms with Gasteiger partial charge in [0.1, 0.15) is 17.5 Å². The molecule has 23 heavy (non-hydrogen) atoms. The molecule has 0 saturated carbocycles. The molecule has 0 aliphatic carbocycles. The van der Waals surface area contributed by atoms with Gasteiger partial charge in [0.25, 0.3) is 5.69 Å². The number of nitro benzene ring substituents is 1. The van der Waals surface area contributed by atoms with Crippen molar-refractivity contribution >= 4 is 18.1 Å². The quantitative estimate of drug-likeness (QED) is 0.660. The summed E-state index contributed by atoms with van der Waals surface area (Å²) in [5, 5.41) is 22.2. The molecule has 0 bridgehead atoms. The van der Waals surface area contributed by atoms with Crippen LogP contribution in [0.2, 0.25) is 0 Å². The number of benzene rings is 1. The Kier molecular flexibility index (Phi) is 5.18. The molecule has 3 rings (SSSR count). The number of nitro groups is 1. The van der Waals surface area contributed by atoms with E-state index in [4.69, 9.17) is 4.74 Å². The van der Waals surface area contributed by atoms with Crippen LogP contribution >= 0.6 is 12.4 Å². The van der Waals surface area contributed by atoms with Crippen LogP contribution in [0.5, 0.6) is 5.75 Å². The summed E-state index contributed by atoms with van der Waals surface area (Å²) < 4.78 is 5.86. The van der Waals surface area contributed by atoms with Crippen molar-refractivity contribution in [2.75, 3.05) is 13.1 Å². The van der Waals surface area contributed by atoms with Crippen LogP contribution in [-0.4, -0.2) is 39.7 Å². The highest BCUT2D eigenvalue weighted by Gasteiger charge is 2.48. The molecule has 2 heterocycles. The van der Waals surface area contributed by atoms with Crippen molar-refractivity contribution in [1.29, 1.82) is 0 Å². The topological polar surface area (TPSA) is 75.8 Å². The Labute approximate surface area is 142 Å². The maximum absolute atomic E-state index is 11.4. The molecule has 6 nitrogen and oxygen atoms in total. The Morgan fingerprint density at radius 1 is 1.30 bits per heavy atom. The Morgan fingerprint density at radius 3 is 2.57 bits per heavy atom. The van der Waals surface area contributed by atoms with Crippen molar-refractivity contribution in [1.82, 2.24) is 4.90 Å². The van der Waals surface area contributed by atoms with E-state index in [0.717, 1.165) is 25.9 Å². The van der Waals surface area contributed by atoms with Gasteiger partial charge in [-0.05, 0) is 45.8 Å². The molecular weight excluding hydrogens is 320 g/mol. The van der Waals surface area contributed by atoms with Crippen LogP contribution in [0.25, 0.3) is 0 Å². The number of ether oxygens (including phenoxy) is 1. The van der Waals surface area contributed by atoms with Gasteiger partial charge in [0.2, 0.25) is 0 Å². The Bertz CT molecular complexity index is 587. The van der Waals surface area contributed by atoms with Gasteiger partial charge >= 0.3 is 0 Å². The molecule has 0 spiro atoms. The van der Waals surface area contributed by atoms with Crippen LogP contribution < -0.4 is 4.74 Å². The summed E-state index contributed by atoms with van der Waals surface area (Å²) in [5.74, 6) is 0.514. The predicted octanol–water partition coefficient (Wildman–Crippen LogP) is 3.08. The maximum Gasteiger partial charge on any atom is 0.278 e. The van der Waals surface area contributed by atoms with E-state index < -0.39 is 11.7 Å². The zero-order chi connectivity index (χ0) is 15.9. The van der Waals surface area contributed by atoms with Crippen molar-refractivity contribution < 1.29 is 14.8 Å². The molecule has 1 fully saturated rings. The second-order valence-corrected chi connectivity index (χ2v) is 6.64. The first-order valence-electron chi connectivity index (χ1n) is 7.80. The van der Waals surface area contributed by atoms with E-state index in [9.17, 15) is 15.2 Å². The first kappa shape index (κ1) is 18.0. The van der Waals surface area contributed by atoms with Gasteiger partial charge in [0.05, 0.1) is 16.5 Å². The lowest BCUT2D eigenvalue weighted by atomic mass is 9.84. The lowest BCUT2D eigenvalue weighted by Gasteiger charge is -2.46. The minimum atomic E-state index is -0.806. The molecule has 1 aromatic rings. The van der Waals surface area contributed by atoms with Crippen LogP contribution in [-0.2, 0) is 0 Å². The van der Waals surface area contributed by atoms with E-state index in [-0.39, 0.29) is 29.1 Å². The zero-order valence-electron chi connectivity index (χ0n) is 13.4. The summed E-state index contributed by atoms with van der Waals surface area (Å²) in [7, 11) is 0. The third-order valence-corrected chi connectivity index (χ3v) is 4.70. The Hall–Kier alpha value is -1.37. The van der Waals surface area contributed by atoms with Gasteiger partial charge in [0.15, 0.2) is 0 Å². The number of aliphatic hydroxyl groups is 1. The van der Waals surface area contributed by atoms with Gasteiger partial charge in [-0.15, -0.1) is 12.4 Å². The van der Waals surface area contributed by atoms with E-state index >= 15 is 0 Å². The van der Waals surface area contributed by atoms with Gasteiger partial charge in [-0.25, -0.2) is 0 Å². The fourth-order valence-corrected chi connectivity index (χ4v) is 3.54. The van der Waals surface area contributed by atoms with Crippen molar-refractivity contribution in [2.24, 2.45) is 0 Å². The number of likely N-dealkylation sites (tertiary alicyclic amines) is 1. The summed E-state index contributed by atoms with van der Waals surface area (Å²) in [6.07, 6.45) is 2.48. The highest BCUT2D eigenvalue weighted by Crippen LogP contribution is 2.47. The first-order chi connectivity index (χ1) is 10.4. The molecule has 1 N–H and O–H groups in total. The molecule has 2 aliphatic rings. The number of hydrogen-bond donors (Lipinski definition) is 1. The van der Waals surface area contributed by atoms with Crippen LogP contribution in [0.3, 0.4) is 0 Å². The average Bonchev–Trinajstić information content (AvgIpc) is 2.48. The molecule has 128 valence electrons. The smallest absolute Gasteiger partial charge is 0.278 e. The van der Waals surface area contributed by atoms with Crippen molar-refractivity contribution in [2.45, 2.75) is 50.9 Å². The van der Waals surface area contributed by atoms with Gasteiger partial charge in [0, 0.05) is 6.07 Å². The summed E-state index contributed by atoms with van der Waals surface area (Å²) in [6, 6.07) is 4.50. The minimum absolute atomic E-state index is 0. The van der Waals surface area contributed by atoms with Gasteiger partial charge in [-0.1, -0.05) is 12.5 Å². The van der Waals surface area contributed by atoms with E-state index in [1.807, 2.05) is 13.8 Å². The molecule has 2 aliphatic heterocycles. The molecule has 1 saturated heterocycles. The molecule has 0 unspecified atom stereocenters. The largest absolute Gasteiger partial charge is 0.484 e. The fraction of sp³-hybridized carbons (Fsp3) is 0.625. The monoisotopic (exact) mass is 342 g/mol. The summed E-state index contributed by atoms with van der Waals surface area (Å²) in [6.45, 7) is 5.36. The lowest BCUT2D eigenvalue weighted by Crippen LogP contribution is -2.54. The van der Waals surface area contributed by atoms with Gasteiger partial charge in [-0.2, -0.15) is 0 Å². The zero-order valence-corrected chi connectivity index (χ0v) is 14.2. The number of aliphatic hydroxyl groups excluding tert-OH is 1. The number of halogens is 1. The molecule has 2 atom stereocenters. The second-order valence-electron chi connectivity index (χ2n) is 6.64. The number of piperidine rings is 1. The van der Waals surface area contributed by atoms with E-state index in [1.54, 1.807) is 12.1 Å². The first-order valence-corrected chi connectivity index (χ1v) is 7.80. The maximum atomic E-state index is 11.4. The standard InChI is InChI=1S/C16H22N2O4.ClH/c1-16(2)15(19)14(17-9-4-3-5-10-17)13-11(18(20)21)7-6-8-12(13)22-16;/h6-8,14-15,19H,3-5,9-10H2,1-2H3;1H/t14-,15+;/m1./s1. The molecule has 7 heteroatoms.